The third kappa shape index (κ3) is 3.46. The first-order valence-electron chi connectivity index (χ1n) is 5.69. The minimum atomic E-state index is -3.57. The molecule has 0 aliphatic rings. The molecule has 2 rings (SSSR count). The van der Waals surface area contributed by atoms with Crippen molar-refractivity contribution in [1.29, 1.82) is 5.26 Å². The van der Waals surface area contributed by atoms with E-state index in [0.717, 1.165) is 0 Å². The lowest BCUT2D eigenvalue weighted by molar-refractivity contribution is 0.600. The molecule has 20 heavy (non-hydrogen) atoms. The lowest BCUT2D eigenvalue weighted by Gasteiger charge is -2.09. The van der Waals surface area contributed by atoms with Gasteiger partial charge in [0.1, 0.15) is 0 Å². The van der Waals surface area contributed by atoms with Crippen molar-refractivity contribution in [2.45, 2.75) is 5.75 Å². The summed E-state index contributed by atoms with van der Waals surface area (Å²) in [7, 11) is -3.57. The van der Waals surface area contributed by atoms with Crippen LogP contribution in [0.1, 0.15) is 11.1 Å². The third-order valence-corrected chi connectivity index (χ3v) is 3.80. The quantitative estimate of drug-likeness (QED) is 0.885. The van der Waals surface area contributed by atoms with Gasteiger partial charge >= 0.3 is 0 Å². The van der Waals surface area contributed by atoms with Gasteiger partial charge in [0.2, 0.25) is 10.0 Å². The molecular weight excluding hydrogens is 276 g/mol. The van der Waals surface area contributed by atoms with Gasteiger partial charge in [-0.05, 0) is 23.8 Å². The fraction of sp³-hybridized carbons (Fsp3) is 0.0769. The summed E-state index contributed by atoms with van der Waals surface area (Å²) in [6.45, 7) is 0. The van der Waals surface area contributed by atoms with E-state index in [2.05, 4.69) is 9.71 Å². The van der Waals surface area contributed by atoms with E-state index in [1.54, 1.807) is 24.3 Å². The van der Waals surface area contributed by atoms with Crippen LogP contribution in [0.25, 0.3) is 0 Å². The summed E-state index contributed by atoms with van der Waals surface area (Å²) < 4.78 is 26.5. The van der Waals surface area contributed by atoms with Crippen LogP contribution < -0.4 is 10.5 Å². The Labute approximate surface area is 116 Å². The van der Waals surface area contributed by atoms with Gasteiger partial charge < -0.3 is 5.73 Å². The van der Waals surface area contributed by atoms with Crippen LogP contribution in [0.5, 0.6) is 0 Å². The molecule has 0 fully saturated rings. The van der Waals surface area contributed by atoms with Crippen molar-refractivity contribution in [3.05, 3.63) is 53.9 Å². The van der Waals surface area contributed by atoms with Crippen LogP contribution in [-0.4, -0.2) is 13.4 Å². The number of sulfonamides is 1. The summed E-state index contributed by atoms with van der Waals surface area (Å²) in [5, 5.41) is 8.69. The fourth-order valence-electron chi connectivity index (χ4n) is 1.60. The van der Waals surface area contributed by atoms with Crippen LogP contribution >= 0.6 is 0 Å². The number of rotatable bonds is 4. The second-order valence-corrected chi connectivity index (χ2v) is 5.86. The van der Waals surface area contributed by atoms with Crippen LogP contribution in [0.2, 0.25) is 0 Å². The molecule has 0 radical (unpaired) electrons. The van der Waals surface area contributed by atoms with Crippen molar-refractivity contribution in [1.82, 2.24) is 4.98 Å². The number of nitriles is 1. The SMILES string of the molecule is N#Cc1ccc(CS(=O)(=O)Nc2ccncc2N)cc1. The summed E-state index contributed by atoms with van der Waals surface area (Å²) >= 11 is 0. The van der Waals surface area contributed by atoms with E-state index in [-0.39, 0.29) is 11.4 Å². The molecule has 1 aromatic carbocycles. The van der Waals surface area contributed by atoms with E-state index in [1.165, 1.54) is 18.5 Å². The van der Waals surface area contributed by atoms with E-state index in [9.17, 15) is 8.42 Å². The Bertz CT molecular complexity index is 749. The Morgan fingerprint density at radius 1 is 1.25 bits per heavy atom. The van der Waals surface area contributed by atoms with Gasteiger partial charge in [-0.2, -0.15) is 5.26 Å². The van der Waals surface area contributed by atoms with Crippen molar-refractivity contribution in [3.63, 3.8) is 0 Å². The topological polar surface area (TPSA) is 109 Å². The van der Waals surface area contributed by atoms with Crippen molar-refractivity contribution >= 4 is 21.4 Å². The van der Waals surface area contributed by atoms with Gasteiger partial charge in [0, 0.05) is 6.20 Å². The predicted molar refractivity (Wildman–Crippen MR) is 76.1 cm³/mol. The zero-order valence-electron chi connectivity index (χ0n) is 10.4. The van der Waals surface area contributed by atoms with Gasteiger partial charge in [0.05, 0.1) is 35.0 Å². The van der Waals surface area contributed by atoms with E-state index in [4.69, 9.17) is 11.0 Å². The highest BCUT2D eigenvalue weighted by atomic mass is 32.2. The Morgan fingerprint density at radius 2 is 1.95 bits per heavy atom. The number of anilines is 2. The highest BCUT2D eigenvalue weighted by Crippen LogP contribution is 2.18. The molecule has 0 unspecified atom stereocenters. The molecule has 0 aliphatic carbocycles. The van der Waals surface area contributed by atoms with E-state index in [1.807, 2.05) is 6.07 Å². The smallest absolute Gasteiger partial charge is 0.236 e. The molecule has 6 nitrogen and oxygen atoms in total. The lowest BCUT2D eigenvalue weighted by Crippen LogP contribution is -2.16. The molecule has 0 saturated carbocycles. The molecule has 3 N–H and O–H groups in total. The van der Waals surface area contributed by atoms with Crippen LogP contribution in [-0.2, 0) is 15.8 Å². The van der Waals surface area contributed by atoms with E-state index >= 15 is 0 Å². The van der Waals surface area contributed by atoms with Crippen molar-refractivity contribution in [2.75, 3.05) is 10.5 Å². The molecular formula is C13H12N4O2S. The molecule has 0 saturated heterocycles. The number of hydrogen-bond donors (Lipinski definition) is 2. The van der Waals surface area contributed by atoms with Crippen molar-refractivity contribution in [2.24, 2.45) is 0 Å². The maximum absolute atomic E-state index is 12.0. The van der Waals surface area contributed by atoms with Crippen LogP contribution in [0.4, 0.5) is 11.4 Å². The molecule has 1 aromatic heterocycles. The molecule has 102 valence electrons. The maximum Gasteiger partial charge on any atom is 0.236 e. The zero-order valence-corrected chi connectivity index (χ0v) is 11.3. The number of nitrogens with one attached hydrogen (secondary N) is 1. The molecule has 0 bridgehead atoms. The highest BCUT2D eigenvalue weighted by Gasteiger charge is 2.13. The average molecular weight is 288 g/mol. The monoisotopic (exact) mass is 288 g/mol. The second-order valence-electron chi connectivity index (χ2n) is 4.13. The highest BCUT2D eigenvalue weighted by molar-refractivity contribution is 7.91. The number of nitrogens with two attached hydrogens (primary N) is 1. The largest absolute Gasteiger partial charge is 0.396 e. The molecule has 0 amide bonds. The first-order chi connectivity index (χ1) is 9.50. The molecule has 0 aliphatic heterocycles. The Balaban J connectivity index is 2.15. The Hall–Kier alpha value is -2.59. The van der Waals surface area contributed by atoms with Gasteiger partial charge in [-0.1, -0.05) is 12.1 Å². The lowest BCUT2D eigenvalue weighted by atomic mass is 10.2. The number of aromatic nitrogens is 1. The predicted octanol–water partition coefficient (Wildman–Crippen LogP) is 1.48. The van der Waals surface area contributed by atoms with Crippen LogP contribution in [0, 0.1) is 11.3 Å². The normalized spacial score (nSPS) is 10.8. The van der Waals surface area contributed by atoms with Gasteiger partial charge in [-0.25, -0.2) is 8.42 Å². The first kappa shape index (κ1) is 13.8. The number of nitrogen functional groups attached to an aromatic ring is 1. The number of benzene rings is 1. The second kappa shape index (κ2) is 5.59. The minimum absolute atomic E-state index is 0.194. The van der Waals surface area contributed by atoms with Crippen LogP contribution in [0.3, 0.4) is 0 Å². The number of nitrogens with zero attached hydrogens (tertiary/aromatic N) is 2. The van der Waals surface area contributed by atoms with E-state index in [0.29, 0.717) is 16.8 Å². The zero-order chi connectivity index (χ0) is 14.6. The van der Waals surface area contributed by atoms with E-state index < -0.39 is 10.0 Å². The number of pyridine rings is 1. The number of hydrogen-bond acceptors (Lipinski definition) is 5. The summed E-state index contributed by atoms with van der Waals surface area (Å²) in [6, 6.07) is 9.83. The van der Waals surface area contributed by atoms with Gasteiger partial charge in [0.25, 0.3) is 0 Å². The molecule has 2 aromatic rings. The van der Waals surface area contributed by atoms with Crippen LogP contribution in [0.15, 0.2) is 42.7 Å². The molecule has 0 spiro atoms. The summed E-state index contributed by atoms with van der Waals surface area (Å²) in [6.07, 6.45) is 2.83. The summed E-state index contributed by atoms with van der Waals surface area (Å²) in [5.74, 6) is -0.194. The first-order valence-corrected chi connectivity index (χ1v) is 7.34. The summed E-state index contributed by atoms with van der Waals surface area (Å²) in [4.78, 5) is 3.79. The maximum atomic E-state index is 12.0. The standard InChI is InChI=1S/C13H12N4O2S/c14-7-10-1-3-11(4-2-10)9-20(18,19)17-13-5-6-16-8-12(13)15/h1-6,8H,9,15H2,(H,16,17). The molecule has 7 heteroatoms. The Morgan fingerprint density at radius 3 is 2.55 bits per heavy atom. The van der Waals surface area contributed by atoms with Crippen molar-refractivity contribution in [3.8, 4) is 6.07 Å². The fourth-order valence-corrected chi connectivity index (χ4v) is 2.82. The summed E-state index contributed by atoms with van der Waals surface area (Å²) in [5.41, 5.74) is 7.26. The molecule has 0 atom stereocenters. The Kier molecular flexibility index (Phi) is 3.86. The third-order valence-electron chi connectivity index (χ3n) is 2.56. The van der Waals surface area contributed by atoms with Gasteiger partial charge in [-0.15, -0.1) is 0 Å². The average Bonchev–Trinajstić information content (AvgIpc) is 2.41. The van der Waals surface area contributed by atoms with Crippen molar-refractivity contribution < 1.29 is 8.42 Å². The minimum Gasteiger partial charge on any atom is -0.396 e. The molecule has 1 heterocycles. The van der Waals surface area contributed by atoms with Gasteiger partial charge in [-0.3, -0.25) is 9.71 Å². The van der Waals surface area contributed by atoms with Gasteiger partial charge in [0.15, 0.2) is 0 Å².